The number of ketones is 1. The number of halogens is 4. The number of amides is 1. The largest absolute Gasteiger partial charge is 0.392 e. The van der Waals surface area contributed by atoms with Gasteiger partial charge in [-0.15, -0.1) is 0 Å². The predicted molar refractivity (Wildman–Crippen MR) is 154 cm³/mol. The van der Waals surface area contributed by atoms with Crippen LogP contribution in [0.4, 0.5) is 14.5 Å². The molecule has 0 radical (unpaired) electrons. The highest BCUT2D eigenvalue weighted by Crippen LogP contribution is 2.57. The maximum Gasteiger partial charge on any atom is 0.237 e. The molecule has 2 heterocycles. The molecule has 1 spiro atoms. The first-order valence-corrected chi connectivity index (χ1v) is 14.3. The van der Waals surface area contributed by atoms with E-state index in [4.69, 9.17) is 23.2 Å². The molecule has 0 aliphatic carbocycles. The van der Waals surface area contributed by atoms with Crippen LogP contribution in [0.25, 0.3) is 0 Å². The maximum atomic E-state index is 15.0. The van der Waals surface area contributed by atoms with Crippen molar-refractivity contribution in [2.75, 3.05) is 26.0 Å². The van der Waals surface area contributed by atoms with Crippen molar-refractivity contribution in [2.24, 2.45) is 5.41 Å². The molecule has 0 unspecified atom stereocenters. The molecular weight excluding hydrogens is 559 g/mol. The number of hydrogen-bond donors (Lipinski definition) is 3. The van der Waals surface area contributed by atoms with Crippen LogP contribution in [-0.2, 0) is 15.0 Å². The molecule has 1 fully saturated rings. The van der Waals surface area contributed by atoms with E-state index < -0.39 is 41.2 Å². The Kier molecular flexibility index (Phi) is 8.98. The number of aliphatic hydroxyl groups excluding tert-OH is 1. The molecular formula is C30H37Cl2F2N3O3. The van der Waals surface area contributed by atoms with Crippen molar-refractivity contribution in [3.05, 3.63) is 63.1 Å². The third-order valence-corrected chi connectivity index (χ3v) is 8.47. The number of likely N-dealkylation sites (N-methyl/N-ethyl adjacent to an activating group) is 1. The molecule has 1 amide bonds. The minimum atomic E-state index is -1.39. The summed E-state index contributed by atoms with van der Waals surface area (Å²) in [4.78, 5) is 29.9. The van der Waals surface area contributed by atoms with Crippen LogP contribution in [0.5, 0.6) is 0 Å². The highest BCUT2D eigenvalue weighted by Gasteiger charge is 2.65. The molecule has 6 nitrogen and oxygen atoms in total. The summed E-state index contributed by atoms with van der Waals surface area (Å²) in [6.45, 7) is 6.57. The number of nitrogens with one attached hydrogen (secondary N) is 2. The zero-order valence-corrected chi connectivity index (χ0v) is 25.0. The second-order valence-corrected chi connectivity index (χ2v) is 13.3. The minimum absolute atomic E-state index is 0.125. The Morgan fingerprint density at radius 3 is 2.42 bits per heavy atom. The van der Waals surface area contributed by atoms with E-state index in [9.17, 15) is 23.5 Å². The number of carbonyl (C=O) groups excluding carboxylic acids is 2. The van der Waals surface area contributed by atoms with Gasteiger partial charge in [0.2, 0.25) is 5.91 Å². The summed E-state index contributed by atoms with van der Waals surface area (Å²) in [5.74, 6) is -2.63. The fourth-order valence-corrected chi connectivity index (χ4v) is 6.72. The lowest BCUT2D eigenvalue weighted by atomic mass is 9.62. The van der Waals surface area contributed by atoms with E-state index in [0.717, 1.165) is 0 Å². The van der Waals surface area contributed by atoms with Gasteiger partial charge in [-0.2, -0.15) is 0 Å². The molecule has 10 heteroatoms. The van der Waals surface area contributed by atoms with Crippen LogP contribution in [0.1, 0.15) is 63.5 Å². The monoisotopic (exact) mass is 595 g/mol. The molecule has 2 aromatic rings. The van der Waals surface area contributed by atoms with Gasteiger partial charge in [-0.25, -0.2) is 8.78 Å². The van der Waals surface area contributed by atoms with Crippen molar-refractivity contribution in [1.82, 2.24) is 10.2 Å². The molecule has 218 valence electrons. The van der Waals surface area contributed by atoms with Crippen LogP contribution >= 0.6 is 23.2 Å². The molecule has 2 aliphatic heterocycles. The second-order valence-electron chi connectivity index (χ2n) is 12.5. The molecule has 3 N–H and O–H groups in total. The summed E-state index contributed by atoms with van der Waals surface area (Å²) in [6, 6.07) is 5.47. The Morgan fingerprint density at radius 2 is 1.80 bits per heavy atom. The summed E-state index contributed by atoms with van der Waals surface area (Å²) in [7, 11) is 3.73. The van der Waals surface area contributed by atoms with Crippen LogP contribution in [-0.4, -0.2) is 60.5 Å². The quantitative estimate of drug-likeness (QED) is 0.347. The number of aliphatic hydroxyl groups is 1. The van der Waals surface area contributed by atoms with Gasteiger partial charge in [0.15, 0.2) is 0 Å². The SMILES string of the molecule is CN(C)C[C@@H](O)CCCC(=O)[C@@H]1N[C@H](CC(C)(C)C)[C@]2(C(=O)Nc3cc(Cl)c(F)cc32)[C@H]1c1ccc(F)c(Cl)c1. The average molecular weight is 597 g/mol. The molecule has 5 atom stereocenters. The smallest absolute Gasteiger partial charge is 0.237 e. The number of carbonyl (C=O) groups is 2. The molecule has 1 saturated heterocycles. The third-order valence-electron chi connectivity index (χ3n) is 7.89. The Bertz CT molecular complexity index is 1300. The van der Waals surface area contributed by atoms with Crippen molar-refractivity contribution in [1.29, 1.82) is 0 Å². The van der Waals surface area contributed by atoms with Crippen LogP contribution in [0, 0.1) is 17.0 Å². The highest BCUT2D eigenvalue weighted by molar-refractivity contribution is 6.31. The van der Waals surface area contributed by atoms with Crippen molar-refractivity contribution in [3.63, 3.8) is 0 Å². The molecule has 0 bridgehead atoms. The van der Waals surface area contributed by atoms with Crippen molar-refractivity contribution >= 4 is 40.6 Å². The van der Waals surface area contributed by atoms with Crippen molar-refractivity contribution < 1.29 is 23.5 Å². The maximum absolute atomic E-state index is 15.0. The normalized spacial score (nSPS) is 25.0. The van der Waals surface area contributed by atoms with Crippen LogP contribution in [0.3, 0.4) is 0 Å². The van der Waals surface area contributed by atoms with Gasteiger partial charge in [0.25, 0.3) is 0 Å². The first kappa shape index (κ1) is 30.8. The molecule has 0 saturated carbocycles. The lowest BCUT2D eigenvalue weighted by molar-refractivity contribution is -0.122. The van der Waals surface area contributed by atoms with Gasteiger partial charge >= 0.3 is 0 Å². The van der Waals surface area contributed by atoms with Gasteiger partial charge in [-0.1, -0.05) is 50.0 Å². The van der Waals surface area contributed by atoms with E-state index in [2.05, 4.69) is 10.6 Å². The van der Waals surface area contributed by atoms with E-state index in [-0.39, 0.29) is 33.6 Å². The van der Waals surface area contributed by atoms with Gasteiger partial charge < -0.3 is 20.6 Å². The van der Waals surface area contributed by atoms with Gasteiger partial charge in [0.1, 0.15) is 22.8 Å². The van der Waals surface area contributed by atoms with E-state index in [1.165, 1.54) is 30.3 Å². The van der Waals surface area contributed by atoms with Gasteiger partial charge in [0.05, 0.1) is 22.2 Å². The standard InChI is InChI=1S/C30H37Cl2F2N3O3/c1-29(2,3)14-25-30(18-12-22(34)20(32)13-23(18)35-28(30)40)26(16-9-10-21(33)19(31)11-16)27(36-25)24(39)8-6-7-17(38)15-37(4)5/h9-13,17,25-27,36,38H,6-8,14-15H2,1-5H3,(H,35,40)/t17-,25+,26-,27-,30-/m0/s1. The first-order chi connectivity index (χ1) is 18.6. The number of hydrogen-bond acceptors (Lipinski definition) is 5. The predicted octanol–water partition coefficient (Wildman–Crippen LogP) is 5.68. The van der Waals surface area contributed by atoms with E-state index in [0.29, 0.717) is 42.6 Å². The number of Topliss-reactive ketones (excluding diaryl/α,β-unsaturated/α-hetero) is 1. The summed E-state index contributed by atoms with van der Waals surface area (Å²) in [5.41, 5.74) is -0.365. The van der Waals surface area contributed by atoms with Crippen LogP contribution < -0.4 is 10.6 Å². The number of nitrogens with zero attached hydrogens (tertiary/aromatic N) is 1. The second kappa shape index (κ2) is 11.6. The Hall–Kier alpha value is -2.10. The van der Waals surface area contributed by atoms with Crippen LogP contribution in [0.2, 0.25) is 10.0 Å². The van der Waals surface area contributed by atoms with Gasteiger partial charge in [0, 0.05) is 30.6 Å². The van der Waals surface area contributed by atoms with E-state index in [1.54, 1.807) is 0 Å². The zero-order valence-electron chi connectivity index (χ0n) is 23.5. The number of anilines is 1. The van der Waals surface area contributed by atoms with E-state index >= 15 is 0 Å². The van der Waals surface area contributed by atoms with Gasteiger partial charge in [-0.05, 0) is 74.2 Å². The molecule has 2 aliphatic rings. The first-order valence-electron chi connectivity index (χ1n) is 13.5. The topological polar surface area (TPSA) is 81.7 Å². The molecule has 2 aromatic carbocycles. The third kappa shape index (κ3) is 5.93. The van der Waals surface area contributed by atoms with Gasteiger partial charge in [-0.3, -0.25) is 9.59 Å². The summed E-state index contributed by atoms with van der Waals surface area (Å²) in [5, 5.41) is 16.4. The van der Waals surface area contributed by atoms with E-state index in [1.807, 2.05) is 39.8 Å². The number of benzene rings is 2. The Labute approximate surface area is 244 Å². The summed E-state index contributed by atoms with van der Waals surface area (Å²) < 4.78 is 29.3. The summed E-state index contributed by atoms with van der Waals surface area (Å²) in [6.07, 6.45) is 0.960. The fourth-order valence-electron chi connectivity index (χ4n) is 6.37. The molecule has 0 aromatic heterocycles. The Balaban J connectivity index is 1.84. The number of fused-ring (bicyclic) bond motifs is 2. The lowest BCUT2D eigenvalue weighted by Gasteiger charge is -2.37. The minimum Gasteiger partial charge on any atom is -0.392 e. The highest BCUT2D eigenvalue weighted by atomic mass is 35.5. The van der Waals surface area contributed by atoms with Crippen molar-refractivity contribution in [3.8, 4) is 0 Å². The molecule has 40 heavy (non-hydrogen) atoms. The zero-order chi connectivity index (χ0) is 29.6. The van der Waals surface area contributed by atoms with Crippen LogP contribution in [0.15, 0.2) is 30.3 Å². The number of rotatable bonds is 9. The lowest BCUT2D eigenvalue weighted by Crippen LogP contribution is -2.49. The van der Waals surface area contributed by atoms with Crippen molar-refractivity contribution in [2.45, 2.75) is 76.0 Å². The molecule has 4 rings (SSSR count). The Morgan fingerprint density at radius 1 is 1.12 bits per heavy atom. The fraction of sp³-hybridized carbons (Fsp3) is 0.533. The summed E-state index contributed by atoms with van der Waals surface area (Å²) >= 11 is 12.3. The average Bonchev–Trinajstić information content (AvgIpc) is 3.30.